The third kappa shape index (κ3) is 4.69. The molecule has 1 N–H and O–H groups in total. The molecule has 4 heteroatoms. The normalized spacial score (nSPS) is 13.8. The Kier molecular flexibility index (Phi) is 7.41. The van der Waals surface area contributed by atoms with E-state index in [1.165, 1.54) is 0 Å². The van der Waals surface area contributed by atoms with E-state index < -0.39 is 0 Å². The Hall–Kier alpha value is -1.26. The van der Waals surface area contributed by atoms with Crippen LogP contribution in [0.1, 0.15) is 38.3 Å². The van der Waals surface area contributed by atoms with E-state index in [1.54, 1.807) is 21.3 Å². The lowest BCUT2D eigenvalue weighted by Crippen LogP contribution is -2.26. The molecule has 1 rings (SSSR count). The maximum atomic E-state index is 5.48. The third-order valence-electron chi connectivity index (χ3n) is 3.42. The van der Waals surface area contributed by atoms with E-state index >= 15 is 0 Å². The Bertz CT molecular complexity index is 395. The van der Waals surface area contributed by atoms with E-state index in [-0.39, 0.29) is 12.1 Å². The highest BCUT2D eigenvalue weighted by Crippen LogP contribution is 2.32. The molecule has 0 saturated heterocycles. The lowest BCUT2D eigenvalue weighted by atomic mass is 9.99. The molecule has 0 fully saturated rings. The minimum Gasteiger partial charge on any atom is -0.497 e. The highest BCUT2D eigenvalue weighted by atomic mass is 16.5. The van der Waals surface area contributed by atoms with E-state index in [9.17, 15) is 0 Å². The fourth-order valence-corrected chi connectivity index (χ4v) is 2.18. The first-order chi connectivity index (χ1) is 9.65. The van der Waals surface area contributed by atoms with Crippen molar-refractivity contribution in [3.05, 3.63) is 23.8 Å². The molecule has 1 aromatic carbocycles. The largest absolute Gasteiger partial charge is 0.497 e. The van der Waals surface area contributed by atoms with Crippen molar-refractivity contribution in [2.75, 3.05) is 27.9 Å². The summed E-state index contributed by atoms with van der Waals surface area (Å²) in [7, 11) is 5.12. The number of rotatable bonds is 9. The fourth-order valence-electron chi connectivity index (χ4n) is 2.18. The summed E-state index contributed by atoms with van der Waals surface area (Å²) in [4.78, 5) is 0. The summed E-state index contributed by atoms with van der Waals surface area (Å²) in [6.07, 6.45) is 2.16. The van der Waals surface area contributed by atoms with Crippen molar-refractivity contribution in [2.45, 2.75) is 38.8 Å². The molecule has 0 aliphatic heterocycles. The molecule has 4 nitrogen and oxygen atoms in total. The molecule has 0 amide bonds. The van der Waals surface area contributed by atoms with Crippen LogP contribution >= 0.6 is 0 Å². The molecular formula is C16H27NO3. The Morgan fingerprint density at radius 2 is 1.90 bits per heavy atom. The summed E-state index contributed by atoms with van der Waals surface area (Å²) in [5, 5.41) is 3.56. The number of ether oxygens (including phenoxy) is 3. The Balaban J connectivity index is 3.02. The Morgan fingerprint density at radius 3 is 2.45 bits per heavy atom. The van der Waals surface area contributed by atoms with Crippen molar-refractivity contribution in [1.82, 2.24) is 5.32 Å². The van der Waals surface area contributed by atoms with Gasteiger partial charge in [0.15, 0.2) is 0 Å². The first-order valence-corrected chi connectivity index (χ1v) is 7.14. The van der Waals surface area contributed by atoms with Gasteiger partial charge in [-0.05, 0) is 44.5 Å². The van der Waals surface area contributed by atoms with Crippen LogP contribution in [0.4, 0.5) is 0 Å². The lowest BCUT2D eigenvalue weighted by molar-refractivity contribution is 0.100. The molecule has 114 valence electrons. The van der Waals surface area contributed by atoms with Gasteiger partial charge in [0.2, 0.25) is 0 Å². The minimum atomic E-state index is 0.181. The van der Waals surface area contributed by atoms with Crippen molar-refractivity contribution in [1.29, 1.82) is 0 Å². The van der Waals surface area contributed by atoms with Crippen molar-refractivity contribution in [3.63, 3.8) is 0 Å². The summed E-state index contributed by atoms with van der Waals surface area (Å²) in [5.74, 6) is 1.72. The quantitative estimate of drug-likeness (QED) is 0.754. The van der Waals surface area contributed by atoms with Crippen molar-refractivity contribution in [3.8, 4) is 11.5 Å². The van der Waals surface area contributed by atoms with Gasteiger partial charge in [0.25, 0.3) is 0 Å². The molecular weight excluding hydrogens is 254 g/mol. The van der Waals surface area contributed by atoms with Crippen LogP contribution in [0.25, 0.3) is 0 Å². The number of hydrogen-bond acceptors (Lipinski definition) is 4. The molecule has 0 aliphatic carbocycles. The van der Waals surface area contributed by atoms with Crippen LogP contribution in [-0.4, -0.2) is 34.0 Å². The smallest absolute Gasteiger partial charge is 0.123 e. The molecule has 20 heavy (non-hydrogen) atoms. The zero-order valence-electron chi connectivity index (χ0n) is 13.2. The van der Waals surface area contributed by atoms with Crippen molar-refractivity contribution in [2.24, 2.45) is 0 Å². The highest BCUT2D eigenvalue weighted by molar-refractivity contribution is 5.42. The molecule has 1 aromatic rings. The van der Waals surface area contributed by atoms with Gasteiger partial charge in [0.05, 0.1) is 20.3 Å². The topological polar surface area (TPSA) is 39.7 Å². The second kappa shape index (κ2) is 8.82. The zero-order valence-corrected chi connectivity index (χ0v) is 13.2. The van der Waals surface area contributed by atoms with Crippen molar-refractivity contribution < 1.29 is 14.2 Å². The lowest BCUT2D eigenvalue weighted by Gasteiger charge is -2.24. The number of nitrogens with one attached hydrogen (secondary N) is 1. The van der Waals surface area contributed by atoms with Crippen LogP contribution in [0.3, 0.4) is 0 Å². The Morgan fingerprint density at radius 1 is 1.15 bits per heavy atom. The van der Waals surface area contributed by atoms with Gasteiger partial charge in [-0.15, -0.1) is 0 Å². The van der Waals surface area contributed by atoms with Gasteiger partial charge in [-0.25, -0.2) is 0 Å². The minimum absolute atomic E-state index is 0.181. The van der Waals surface area contributed by atoms with Crippen LogP contribution in [0.2, 0.25) is 0 Å². The van der Waals surface area contributed by atoms with E-state index in [2.05, 4.69) is 19.2 Å². The predicted molar refractivity (Wildman–Crippen MR) is 81.7 cm³/mol. The third-order valence-corrected chi connectivity index (χ3v) is 3.42. The standard InChI is InChI=1S/C16H27NO3/c1-6-9-17-15(10-12(2)18-3)14-11-13(19-4)7-8-16(14)20-5/h7-8,11-12,15,17H,6,9-10H2,1-5H3. The molecule has 2 atom stereocenters. The molecule has 0 heterocycles. The van der Waals surface area contributed by atoms with Gasteiger partial charge >= 0.3 is 0 Å². The van der Waals surface area contributed by atoms with Gasteiger partial charge in [-0.2, -0.15) is 0 Å². The molecule has 0 saturated carbocycles. The van der Waals surface area contributed by atoms with E-state index in [0.717, 1.165) is 36.4 Å². The van der Waals surface area contributed by atoms with Crippen LogP contribution < -0.4 is 14.8 Å². The van der Waals surface area contributed by atoms with Crippen molar-refractivity contribution >= 4 is 0 Å². The zero-order chi connectivity index (χ0) is 15.0. The predicted octanol–water partition coefficient (Wildman–Crippen LogP) is 3.17. The SMILES string of the molecule is CCCNC(CC(C)OC)c1cc(OC)ccc1OC. The van der Waals surface area contributed by atoms with E-state index in [1.807, 2.05) is 18.2 Å². The van der Waals surface area contributed by atoms with E-state index in [4.69, 9.17) is 14.2 Å². The number of methoxy groups -OCH3 is 3. The molecule has 0 bridgehead atoms. The number of hydrogen-bond donors (Lipinski definition) is 1. The average Bonchev–Trinajstić information content (AvgIpc) is 2.50. The van der Waals surface area contributed by atoms with Crippen LogP contribution in [0, 0.1) is 0 Å². The molecule has 0 radical (unpaired) electrons. The summed E-state index contributed by atoms with van der Waals surface area (Å²) in [6.45, 7) is 5.20. The second-order valence-corrected chi connectivity index (χ2v) is 4.90. The van der Waals surface area contributed by atoms with Gasteiger partial charge in [-0.3, -0.25) is 0 Å². The summed E-state index contributed by atoms with van der Waals surface area (Å²) in [5.41, 5.74) is 1.12. The summed E-state index contributed by atoms with van der Waals surface area (Å²) in [6, 6.07) is 6.09. The van der Waals surface area contributed by atoms with Crippen LogP contribution in [-0.2, 0) is 4.74 Å². The number of benzene rings is 1. The van der Waals surface area contributed by atoms with Gasteiger partial charge in [0, 0.05) is 18.7 Å². The first kappa shape index (κ1) is 16.8. The highest BCUT2D eigenvalue weighted by Gasteiger charge is 2.19. The van der Waals surface area contributed by atoms with Crippen LogP contribution in [0.5, 0.6) is 11.5 Å². The maximum absolute atomic E-state index is 5.48. The second-order valence-electron chi connectivity index (χ2n) is 4.90. The molecule has 0 spiro atoms. The summed E-state index contributed by atoms with van der Waals surface area (Å²) < 4.78 is 16.2. The van der Waals surface area contributed by atoms with Gasteiger partial charge in [0.1, 0.15) is 11.5 Å². The van der Waals surface area contributed by atoms with Gasteiger partial charge in [-0.1, -0.05) is 6.92 Å². The molecule has 0 aliphatic rings. The van der Waals surface area contributed by atoms with E-state index in [0.29, 0.717) is 0 Å². The first-order valence-electron chi connectivity index (χ1n) is 7.14. The maximum Gasteiger partial charge on any atom is 0.123 e. The molecule has 0 aromatic heterocycles. The monoisotopic (exact) mass is 281 g/mol. The summed E-state index contributed by atoms with van der Waals surface area (Å²) >= 11 is 0. The molecule has 2 unspecified atom stereocenters. The van der Waals surface area contributed by atoms with Crippen LogP contribution in [0.15, 0.2) is 18.2 Å². The fraction of sp³-hybridized carbons (Fsp3) is 0.625. The average molecular weight is 281 g/mol. The Labute approximate surface area is 122 Å². The van der Waals surface area contributed by atoms with Gasteiger partial charge < -0.3 is 19.5 Å².